The van der Waals surface area contributed by atoms with Crippen molar-refractivity contribution in [3.05, 3.63) is 0 Å². The van der Waals surface area contributed by atoms with Gasteiger partial charge >= 0.3 is 5.97 Å². The van der Waals surface area contributed by atoms with Crippen LogP contribution in [0, 0.1) is 5.41 Å². The third-order valence-corrected chi connectivity index (χ3v) is 8.74. The van der Waals surface area contributed by atoms with E-state index in [1.54, 1.807) is 13.8 Å². The van der Waals surface area contributed by atoms with E-state index in [0.29, 0.717) is 13.0 Å². The van der Waals surface area contributed by atoms with Crippen molar-refractivity contribution in [2.24, 2.45) is 5.41 Å². The van der Waals surface area contributed by atoms with Crippen LogP contribution in [0.15, 0.2) is 0 Å². The second kappa shape index (κ2) is 6.37. The van der Waals surface area contributed by atoms with Crippen molar-refractivity contribution in [2.75, 3.05) is 13.7 Å². The molecule has 0 saturated heterocycles. The molecule has 0 bridgehead atoms. The fraction of sp³-hybridized carbons (Fsp3) is 0.929. The summed E-state index contributed by atoms with van der Waals surface area (Å²) >= 11 is 0. The number of aliphatic hydroxyl groups excluding tert-OH is 1. The number of esters is 1. The molecule has 0 heterocycles. The Morgan fingerprint density at radius 1 is 1.21 bits per heavy atom. The molecule has 0 spiro atoms. The number of methoxy groups -OCH3 is 1. The summed E-state index contributed by atoms with van der Waals surface area (Å²) in [6.45, 7) is 14.7. The van der Waals surface area contributed by atoms with Crippen molar-refractivity contribution >= 4 is 14.3 Å². The minimum atomic E-state index is -1.79. The van der Waals surface area contributed by atoms with Crippen LogP contribution in [0.2, 0.25) is 18.1 Å². The SMILES string of the molecule is COC(=O)C(C)(C)C(O)CCO[Si](C)(C)C(C)(C)C. The Morgan fingerprint density at radius 3 is 2.05 bits per heavy atom. The van der Waals surface area contributed by atoms with E-state index in [4.69, 9.17) is 9.16 Å². The Kier molecular flexibility index (Phi) is 6.24. The Hall–Kier alpha value is -0.393. The van der Waals surface area contributed by atoms with Gasteiger partial charge in [0.1, 0.15) is 0 Å². The van der Waals surface area contributed by atoms with Crippen LogP contribution in [0.4, 0.5) is 0 Å². The molecule has 5 heteroatoms. The van der Waals surface area contributed by atoms with Crippen molar-refractivity contribution in [2.45, 2.75) is 65.3 Å². The van der Waals surface area contributed by atoms with Gasteiger partial charge in [-0.3, -0.25) is 4.79 Å². The highest BCUT2D eigenvalue weighted by Gasteiger charge is 2.39. The molecule has 0 aliphatic rings. The van der Waals surface area contributed by atoms with Gasteiger partial charge < -0.3 is 14.3 Å². The minimum absolute atomic E-state index is 0.149. The highest BCUT2D eigenvalue weighted by molar-refractivity contribution is 6.74. The van der Waals surface area contributed by atoms with Crippen molar-refractivity contribution in [3.63, 3.8) is 0 Å². The summed E-state index contributed by atoms with van der Waals surface area (Å²) in [6.07, 6.45) is -0.320. The van der Waals surface area contributed by atoms with E-state index in [1.165, 1.54) is 7.11 Å². The zero-order chi connectivity index (χ0) is 15.5. The summed E-state index contributed by atoms with van der Waals surface area (Å²) in [5.74, 6) is -0.396. The molecular formula is C14H30O4Si. The summed E-state index contributed by atoms with van der Waals surface area (Å²) < 4.78 is 10.7. The fourth-order valence-electron chi connectivity index (χ4n) is 1.40. The van der Waals surface area contributed by atoms with E-state index in [9.17, 15) is 9.90 Å². The van der Waals surface area contributed by atoms with Crippen LogP contribution in [0.5, 0.6) is 0 Å². The lowest BCUT2D eigenvalue weighted by Crippen LogP contribution is -2.43. The van der Waals surface area contributed by atoms with Gasteiger partial charge in [-0.2, -0.15) is 0 Å². The first kappa shape index (κ1) is 18.6. The molecule has 114 valence electrons. The van der Waals surface area contributed by atoms with E-state index in [1.807, 2.05) is 0 Å². The average molecular weight is 290 g/mol. The predicted octanol–water partition coefficient (Wildman–Crippen LogP) is 2.96. The van der Waals surface area contributed by atoms with Crippen LogP contribution in [0.1, 0.15) is 41.0 Å². The largest absolute Gasteiger partial charge is 0.469 e. The van der Waals surface area contributed by atoms with E-state index in [0.717, 1.165) is 0 Å². The maximum Gasteiger partial charge on any atom is 0.313 e. The molecule has 1 unspecified atom stereocenters. The zero-order valence-corrected chi connectivity index (χ0v) is 14.7. The van der Waals surface area contributed by atoms with E-state index in [2.05, 4.69) is 33.9 Å². The molecule has 0 amide bonds. The van der Waals surface area contributed by atoms with Gasteiger partial charge in [-0.15, -0.1) is 0 Å². The monoisotopic (exact) mass is 290 g/mol. The number of aliphatic hydroxyl groups is 1. The number of hydrogen-bond acceptors (Lipinski definition) is 4. The van der Waals surface area contributed by atoms with Crippen molar-refractivity contribution < 1.29 is 19.1 Å². The highest BCUT2D eigenvalue weighted by Crippen LogP contribution is 2.36. The van der Waals surface area contributed by atoms with Crippen LogP contribution in [-0.2, 0) is 14.0 Å². The van der Waals surface area contributed by atoms with Crippen molar-refractivity contribution in [1.82, 2.24) is 0 Å². The predicted molar refractivity (Wildman–Crippen MR) is 79.6 cm³/mol. The van der Waals surface area contributed by atoms with Gasteiger partial charge in [-0.1, -0.05) is 20.8 Å². The summed E-state index contributed by atoms with van der Waals surface area (Å²) in [5.41, 5.74) is -0.897. The van der Waals surface area contributed by atoms with E-state index >= 15 is 0 Å². The van der Waals surface area contributed by atoms with Gasteiger partial charge in [0, 0.05) is 6.61 Å². The molecule has 4 nitrogen and oxygen atoms in total. The molecule has 1 atom stereocenters. The molecule has 0 saturated carbocycles. The lowest BCUT2D eigenvalue weighted by atomic mass is 9.85. The minimum Gasteiger partial charge on any atom is -0.469 e. The molecule has 1 N–H and O–H groups in total. The van der Waals surface area contributed by atoms with Gasteiger partial charge in [0.25, 0.3) is 0 Å². The first-order chi connectivity index (χ1) is 8.36. The molecule has 0 aromatic heterocycles. The molecule has 0 fully saturated rings. The Bertz CT molecular complexity index is 305. The van der Waals surface area contributed by atoms with Crippen molar-refractivity contribution in [1.29, 1.82) is 0 Å². The lowest BCUT2D eigenvalue weighted by molar-refractivity contribution is -0.157. The third kappa shape index (κ3) is 4.89. The zero-order valence-electron chi connectivity index (χ0n) is 13.7. The lowest BCUT2D eigenvalue weighted by Gasteiger charge is -2.37. The molecular weight excluding hydrogens is 260 g/mol. The summed E-state index contributed by atoms with van der Waals surface area (Å²) in [6, 6.07) is 0. The van der Waals surface area contributed by atoms with Crippen LogP contribution < -0.4 is 0 Å². The molecule has 0 aliphatic heterocycles. The van der Waals surface area contributed by atoms with Gasteiger partial charge in [0.15, 0.2) is 8.32 Å². The summed E-state index contributed by atoms with van der Waals surface area (Å²) in [7, 11) is -0.457. The summed E-state index contributed by atoms with van der Waals surface area (Å²) in [4.78, 5) is 11.6. The van der Waals surface area contributed by atoms with Gasteiger partial charge in [-0.25, -0.2) is 0 Å². The first-order valence-electron chi connectivity index (χ1n) is 6.76. The van der Waals surface area contributed by atoms with Crippen LogP contribution >= 0.6 is 0 Å². The second-order valence-electron chi connectivity index (χ2n) is 7.13. The van der Waals surface area contributed by atoms with E-state index in [-0.39, 0.29) is 5.04 Å². The van der Waals surface area contributed by atoms with Gasteiger partial charge in [0.2, 0.25) is 0 Å². The van der Waals surface area contributed by atoms with Gasteiger partial charge in [0.05, 0.1) is 18.6 Å². The second-order valence-corrected chi connectivity index (χ2v) is 11.9. The number of carbonyl (C=O) groups is 1. The standard InChI is InChI=1S/C14H30O4Si/c1-13(2,3)19(7,8)18-10-9-11(15)14(4,5)12(16)17-6/h11,15H,9-10H2,1-8H3. The molecule has 0 aliphatic carbocycles. The van der Waals surface area contributed by atoms with Gasteiger partial charge in [-0.05, 0) is 38.4 Å². The fourth-order valence-corrected chi connectivity index (χ4v) is 2.46. The number of carbonyl (C=O) groups excluding carboxylic acids is 1. The molecule has 0 aromatic rings. The Labute approximate surface area is 118 Å². The highest BCUT2D eigenvalue weighted by atomic mass is 28.4. The number of ether oxygens (including phenoxy) is 1. The van der Waals surface area contributed by atoms with Crippen molar-refractivity contribution in [3.8, 4) is 0 Å². The number of rotatable bonds is 6. The average Bonchev–Trinajstić information content (AvgIpc) is 2.25. The van der Waals surface area contributed by atoms with E-state index < -0.39 is 25.8 Å². The third-order valence-electron chi connectivity index (χ3n) is 4.20. The maximum atomic E-state index is 11.6. The summed E-state index contributed by atoms with van der Waals surface area (Å²) in [5, 5.41) is 10.3. The number of hydrogen-bond donors (Lipinski definition) is 1. The van der Waals surface area contributed by atoms with Crippen LogP contribution in [0.25, 0.3) is 0 Å². The molecule has 0 aromatic carbocycles. The first-order valence-corrected chi connectivity index (χ1v) is 9.67. The Balaban J connectivity index is 4.41. The quantitative estimate of drug-likeness (QED) is 0.603. The Morgan fingerprint density at radius 2 is 1.68 bits per heavy atom. The molecule has 19 heavy (non-hydrogen) atoms. The van der Waals surface area contributed by atoms with Crippen LogP contribution in [-0.4, -0.2) is 39.2 Å². The van der Waals surface area contributed by atoms with Crippen LogP contribution in [0.3, 0.4) is 0 Å². The smallest absolute Gasteiger partial charge is 0.313 e. The topological polar surface area (TPSA) is 55.8 Å². The molecule has 0 rings (SSSR count). The maximum absolute atomic E-state index is 11.6. The molecule has 0 radical (unpaired) electrons. The normalized spacial score (nSPS) is 15.2.